The lowest BCUT2D eigenvalue weighted by Gasteiger charge is -2.00. The maximum atomic E-state index is 12.9. The van der Waals surface area contributed by atoms with Crippen molar-refractivity contribution in [2.24, 2.45) is 0 Å². The highest BCUT2D eigenvalue weighted by Crippen LogP contribution is 2.16. The van der Waals surface area contributed by atoms with E-state index in [2.05, 4.69) is 12.6 Å². The Balaban J connectivity index is 3.31. The van der Waals surface area contributed by atoms with Gasteiger partial charge in [-0.2, -0.15) is 0 Å². The molecule has 0 amide bonds. The average molecular weight is 156 g/mol. The molecular formula is C8H9FS. The molecule has 0 aliphatic heterocycles. The summed E-state index contributed by atoms with van der Waals surface area (Å²) in [5, 5.41) is 0. The summed E-state index contributed by atoms with van der Waals surface area (Å²) in [6.45, 7) is 3.48. The van der Waals surface area contributed by atoms with Crippen LogP contribution in [0, 0.1) is 19.7 Å². The second-order valence-electron chi connectivity index (χ2n) is 2.39. The summed E-state index contributed by atoms with van der Waals surface area (Å²) in [6, 6.07) is 3.43. The van der Waals surface area contributed by atoms with Crippen LogP contribution in [0.4, 0.5) is 4.39 Å². The van der Waals surface area contributed by atoms with Crippen LogP contribution in [0.5, 0.6) is 0 Å². The zero-order chi connectivity index (χ0) is 7.72. The van der Waals surface area contributed by atoms with Crippen LogP contribution in [0.25, 0.3) is 0 Å². The highest BCUT2D eigenvalue weighted by molar-refractivity contribution is 7.80. The standard InChI is InChI=1S/C8H9FS/c1-5-3-7(10)4-6(2)8(5)9/h3-4,10H,1-2H3. The Morgan fingerprint density at radius 1 is 1.20 bits per heavy atom. The fourth-order valence-corrected chi connectivity index (χ4v) is 1.31. The molecule has 0 aromatic heterocycles. The van der Waals surface area contributed by atoms with E-state index >= 15 is 0 Å². The predicted molar refractivity (Wildman–Crippen MR) is 43.1 cm³/mol. The molecule has 0 heterocycles. The second kappa shape index (κ2) is 2.62. The van der Waals surface area contributed by atoms with E-state index in [4.69, 9.17) is 0 Å². The molecule has 1 aromatic carbocycles. The quantitative estimate of drug-likeness (QED) is 0.548. The van der Waals surface area contributed by atoms with E-state index in [9.17, 15) is 4.39 Å². The van der Waals surface area contributed by atoms with Gasteiger partial charge in [0.2, 0.25) is 0 Å². The van der Waals surface area contributed by atoms with Crippen LogP contribution in [0.15, 0.2) is 17.0 Å². The average Bonchev–Trinajstić information content (AvgIpc) is 1.82. The summed E-state index contributed by atoms with van der Waals surface area (Å²) < 4.78 is 12.9. The van der Waals surface area contributed by atoms with Gasteiger partial charge in [-0.25, -0.2) is 4.39 Å². The number of benzene rings is 1. The summed E-state index contributed by atoms with van der Waals surface area (Å²) >= 11 is 4.10. The Bertz CT molecular complexity index is 232. The first-order valence-electron chi connectivity index (χ1n) is 3.07. The Morgan fingerprint density at radius 2 is 1.60 bits per heavy atom. The number of halogens is 1. The van der Waals surface area contributed by atoms with Crippen molar-refractivity contribution in [2.45, 2.75) is 18.7 Å². The number of aryl methyl sites for hydroxylation is 2. The Labute approximate surface area is 65.5 Å². The smallest absolute Gasteiger partial charge is 0.129 e. The largest absolute Gasteiger partial charge is 0.206 e. The van der Waals surface area contributed by atoms with Gasteiger partial charge in [-0.1, -0.05) is 0 Å². The zero-order valence-electron chi connectivity index (χ0n) is 5.98. The molecule has 0 N–H and O–H groups in total. The number of hydrogen-bond acceptors (Lipinski definition) is 1. The van der Waals surface area contributed by atoms with Crippen LogP contribution in [0.3, 0.4) is 0 Å². The van der Waals surface area contributed by atoms with Crippen molar-refractivity contribution >= 4 is 12.6 Å². The fraction of sp³-hybridized carbons (Fsp3) is 0.250. The molecule has 0 radical (unpaired) electrons. The molecule has 54 valence electrons. The highest BCUT2D eigenvalue weighted by Gasteiger charge is 2.00. The van der Waals surface area contributed by atoms with Gasteiger partial charge in [-0.15, -0.1) is 12.6 Å². The summed E-state index contributed by atoms with van der Waals surface area (Å²) in [5.41, 5.74) is 1.31. The Morgan fingerprint density at radius 3 is 2.00 bits per heavy atom. The first-order chi connectivity index (χ1) is 4.61. The Kier molecular flexibility index (Phi) is 2.00. The van der Waals surface area contributed by atoms with Gasteiger partial charge in [0.15, 0.2) is 0 Å². The van der Waals surface area contributed by atoms with Gasteiger partial charge in [-0.05, 0) is 37.1 Å². The molecule has 1 aromatic rings. The molecule has 10 heavy (non-hydrogen) atoms. The minimum Gasteiger partial charge on any atom is -0.206 e. The van der Waals surface area contributed by atoms with Gasteiger partial charge in [0.05, 0.1) is 0 Å². The van der Waals surface area contributed by atoms with Crippen molar-refractivity contribution in [3.8, 4) is 0 Å². The third-order valence-corrected chi connectivity index (χ3v) is 1.68. The predicted octanol–water partition coefficient (Wildman–Crippen LogP) is 2.73. The normalized spacial score (nSPS) is 10.0. The van der Waals surface area contributed by atoms with E-state index < -0.39 is 0 Å². The first kappa shape index (κ1) is 7.61. The van der Waals surface area contributed by atoms with Crippen LogP contribution >= 0.6 is 12.6 Å². The maximum Gasteiger partial charge on any atom is 0.129 e. The molecular weight excluding hydrogens is 147 g/mol. The number of hydrogen-bond donors (Lipinski definition) is 1. The van der Waals surface area contributed by atoms with E-state index in [1.54, 1.807) is 26.0 Å². The third-order valence-electron chi connectivity index (χ3n) is 1.42. The molecule has 0 unspecified atom stereocenters. The van der Waals surface area contributed by atoms with Crippen molar-refractivity contribution < 1.29 is 4.39 Å². The van der Waals surface area contributed by atoms with Crippen LogP contribution in [-0.4, -0.2) is 0 Å². The van der Waals surface area contributed by atoms with Crippen LogP contribution in [0.2, 0.25) is 0 Å². The third kappa shape index (κ3) is 1.32. The Hall–Kier alpha value is -0.500. The summed E-state index contributed by atoms with van der Waals surface area (Å²) in [7, 11) is 0. The molecule has 0 saturated heterocycles. The zero-order valence-corrected chi connectivity index (χ0v) is 6.87. The minimum absolute atomic E-state index is 0.127. The molecule has 0 saturated carbocycles. The molecule has 0 aliphatic rings. The lowest BCUT2D eigenvalue weighted by molar-refractivity contribution is 0.607. The van der Waals surface area contributed by atoms with Crippen molar-refractivity contribution in [3.63, 3.8) is 0 Å². The molecule has 0 atom stereocenters. The first-order valence-corrected chi connectivity index (χ1v) is 3.51. The molecule has 0 spiro atoms. The van der Waals surface area contributed by atoms with Crippen LogP contribution in [0.1, 0.15) is 11.1 Å². The lowest BCUT2D eigenvalue weighted by atomic mass is 10.1. The van der Waals surface area contributed by atoms with Crippen molar-refractivity contribution in [3.05, 3.63) is 29.1 Å². The summed E-state index contributed by atoms with van der Waals surface area (Å²) in [5.74, 6) is -0.127. The van der Waals surface area contributed by atoms with E-state index in [0.717, 1.165) is 4.90 Å². The lowest BCUT2D eigenvalue weighted by Crippen LogP contribution is -1.86. The molecule has 0 fully saturated rings. The number of rotatable bonds is 0. The van der Waals surface area contributed by atoms with Gasteiger partial charge < -0.3 is 0 Å². The van der Waals surface area contributed by atoms with Crippen LogP contribution in [-0.2, 0) is 0 Å². The van der Waals surface area contributed by atoms with E-state index in [1.165, 1.54) is 0 Å². The van der Waals surface area contributed by atoms with Gasteiger partial charge in [0.25, 0.3) is 0 Å². The van der Waals surface area contributed by atoms with E-state index in [1.807, 2.05) is 0 Å². The van der Waals surface area contributed by atoms with Crippen molar-refractivity contribution in [1.82, 2.24) is 0 Å². The fourth-order valence-electron chi connectivity index (χ4n) is 0.923. The topological polar surface area (TPSA) is 0 Å². The molecule has 0 aliphatic carbocycles. The van der Waals surface area contributed by atoms with Crippen molar-refractivity contribution in [2.75, 3.05) is 0 Å². The minimum atomic E-state index is -0.127. The van der Waals surface area contributed by atoms with Gasteiger partial charge >= 0.3 is 0 Å². The van der Waals surface area contributed by atoms with E-state index in [-0.39, 0.29) is 5.82 Å². The molecule has 1 rings (SSSR count). The summed E-state index contributed by atoms with van der Waals surface area (Å²) in [6.07, 6.45) is 0. The molecule has 2 heteroatoms. The van der Waals surface area contributed by atoms with Gasteiger partial charge in [-0.3, -0.25) is 0 Å². The molecule has 0 bridgehead atoms. The second-order valence-corrected chi connectivity index (χ2v) is 2.91. The molecule has 0 nitrogen and oxygen atoms in total. The van der Waals surface area contributed by atoms with Gasteiger partial charge in [0, 0.05) is 4.90 Å². The van der Waals surface area contributed by atoms with Crippen molar-refractivity contribution in [1.29, 1.82) is 0 Å². The summed E-state index contributed by atoms with van der Waals surface area (Å²) in [4.78, 5) is 0.816. The highest BCUT2D eigenvalue weighted by atomic mass is 32.1. The van der Waals surface area contributed by atoms with E-state index in [0.29, 0.717) is 11.1 Å². The number of thiol groups is 1. The maximum absolute atomic E-state index is 12.9. The van der Waals surface area contributed by atoms with Crippen LogP contribution < -0.4 is 0 Å². The van der Waals surface area contributed by atoms with Gasteiger partial charge in [0.1, 0.15) is 5.82 Å². The monoisotopic (exact) mass is 156 g/mol. The SMILES string of the molecule is Cc1cc(S)cc(C)c1F.